The number of nitrogens with one attached hydrogen (secondary N) is 2. The maximum Gasteiger partial charge on any atom is 0.289 e. The molecule has 1 aliphatic heterocycles. The molecule has 2 aromatic heterocycles. The number of benzene rings is 1. The van der Waals surface area contributed by atoms with Gasteiger partial charge in [0.1, 0.15) is 5.82 Å². The molecular weight excluding hydrogens is 368 g/mol. The van der Waals surface area contributed by atoms with Gasteiger partial charge >= 0.3 is 0 Å². The number of fused-ring (bicyclic) bond motifs is 1. The molecule has 1 aromatic carbocycles. The van der Waals surface area contributed by atoms with E-state index in [2.05, 4.69) is 22.2 Å². The standard InChI is InChI=1S/C22H26N4O3/c1-2-3-6-20-24-17-8-7-16(14-18(17)25-20)23-21(27)15-9-11-26(12-10-15)22(28)19-5-4-13-29-19/h4-5,7-8,13-15H,2-3,6,9-12H2,1H3,(H,23,27)(H,24,25). The number of furan rings is 1. The van der Waals surface area contributed by atoms with E-state index in [1.807, 2.05) is 18.2 Å². The van der Waals surface area contributed by atoms with E-state index >= 15 is 0 Å². The number of anilines is 1. The number of aromatic amines is 1. The quantitative estimate of drug-likeness (QED) is 0.661. The van der Waals surface area contributed by atoms with Crippen LogP contribution in [0.2, 0.25) is 0 Å². The van der Waals surface area contributed by atoms with Crippen molar-refractivity contribution in [2.24, 2.45) is 5.92 Å². The summed E-state index contributed by atoms with van der Waals surface area (Å²) in [5.41, 5.74) is 2.62. The number of carbonyl (C=O) groups is 2. The molecule has 0 saturated carbocycles. The molecule has 29 heavy (non-hydrogen) atoms. The third-order valence-corrected chi connectivity index (χ3v) is 5.45. The minimum absolute atomic E-state index is 0.000157. The van der Waals surface area contributed by atoms with E-state index in [0.29, 0.717) is 31.7 Å². The number of likely N-dealkylation sites (tertiary alicyclic amines) is 1. The average molecular weight is 394 g/mol. The Hall–Kier alpha value is -3.09. The number of hydrogen-bond acceptors (Lipinski definition) is 4. The summed E-state index contributed by atoms with van der Waals surface area (Å²) >= 11 is 0. The topological polar surface area (TPSA) is 91.2 Å². The molecule has 0 spiro atoms. The van der Waals surface area contributed by atoms with Gasteiger partial charge in [-0.2, -0.15) is 0 Å². The second-order valence-corrected chi connectivity index (χ2v) is 7.55. The number of hydrogen-bond donors (Lipinski definition) is 2. The number of unbranched alkanes of at least 4 members (excludes halogenated alkanes) is 1. The monoisotopic (exact) mass is 394 g/mol. The van der Waals surface area contributed by atoms with Crippen molar-refractivity contribution in [3.8, 4) is 0 Å². The van der Waals surface area contributed by atoms with Gasteiger partial charge in [-0.1, -0.05) is 13.3 Å². The highest BCUT2D eigenvalue weighted by molar-refractivity contribution is 5.95. The summed E-state index contributed by atoms with van der Waals surface area (Å²) in [6.07, 6.45) is 5.95. The SMILES string of the molecule is CCCCc1nc2ccc(NC(=O)C3CCN(C(=O)c4ccco4)CC3)cc2[nH]1. The van der Waals surface area contributed by atoms with E-state index in [9.17, 15) is 9.59 Å². The minimum Gasteiger partial charge on any atom is -0.459 e. The van der Waals surface area contributed by atoms with Crippen molar-refractivity contribution in [2.45, 2.75) is 39.0 Å². The van der Waals surface area contributed by atoms with Crippen molar-refractivity contribution in [3.05, 3.63) is 48.2 Å². The average Bonchev–Trinajstić information content (AvgIpc) is 3.41. The highest BCUT2D eigenvalue weighted by Gasteiger charge is 2.28. The number of imidazole rings is 1. The van der Waals surface area contributed by atoms with Crippen LogP contribution < -0.4 is 5.32 Å². The van der Waals surface area contributed by atoms with Gasteiger partial charge in [-0.3, -0.25) is 9.59 Å². The number of rotatable bonds is 6. The number of amides is 2. The third kappa shape index (κ3) is 4.34. The van der Waals surface area contributed by atoms with Crippen molar-refractivity contribution in [1.82, 2.24) is 14.9 Å². The zero-order chi connectivity index (χ0) is 20.2. The normalized spacial score (nSPS) is 15.0. The summed E-state index contributed by atoms with van der Waals surface area (Å²) in [4.78, 5) is 34.7. The molecule has 1 saturated heterocycles. The molecule has 3 aromatic rings. The Morgan fingerprint density at radius 2 is 2.10 bits per heavy atom. The van der Waals surface area contributed by atoms with Crippen LogP contribution in [0.3, 0.4) is 0 Å². The van der Waals surface area contributed by atoms with Crippen LogP contribution in [0.25, 0.3) is 11.0 Å². The predicted molar refractivity (Wildman–Crippen MR) is 111 cm³/mol. The van der Waals surface area contributed by atoms with Crippen LogP contribution >= 0.6 is 0 Å². The number of H-pyrrole nitrogens is 1. The van der Waals surface area contributed by atoms with E-state index in [1.165, 1.54) is 6.26 Å². The molecule has 152 valence electrons. The van der Waals surface area contributed by atoms with Gasteiger partial charge in [-0.05, 0) is 49.6 Å². The molecule has 0 atom stereocenters. The lowest BCUT2D eigenvalue weighted by atomic mass is 9.95. The van der Waals surface area contributed by atoms with Crippen molar-refractivity contribution < 1.29 is 14.0 Å². The Balaban J connectivity index is 1.34. The van der Waals surface area contributed by atoms with E-state index in [4.69, 9.17) is 4.42 Å². The first-order chi connectivity index (χ1) is 14.1. The summed E-state index contributed by atoms with van der Waals surface area (Å²) < 4.78 is 5.18. The lowest BCUT2D eigenvalue weighted by Crippen LogP contribution is -2.41. The zero-order valence-electron chi connectivity index (χ0n) is 16.6. The van der Waals surface area contributed by atoms with Gasteiger partial charge in [0, 0.05) is 31.1 Å². The van der Waals surface area contributed by atoms with Gasteiger partial charge in [0.2, 0.25) is 5.91 Å². The lowest BCUT2D eigenvalue weighted by molar-refractivity contribution is -0.121. The number of carbonyl (C=O) groups excluding carboxylic acids is 2. The third-order valence-electron chi connectivity index (χ3n) is 5.45. The molecule has 4 rings (SSSR count). The van der Waals surface area contributed by atoms with Crippen molar-refractivity contribution in [1.29, 1.82) is 0 Å². The van der Waals surface area contributed by atoms with Gasteiger partial charge < -0.3 is 19.6 Å². The van der Waals surface area contributed by atoms with E-state index in [1.54, 1.807) is 17.0 Å². The van der Waals surface area contributed by atoms with Gasteiger partial charge in [0.25, 0.3) is 5.91 Å². The Kier molecular flexibility index (Phi) is 5.64. The van der Waals surface area contributed by atoms with Crippen molar-refractivity contribution >= 4 is 28.5 Å². The van der Waals surface area contributed by atoms with Gasteiger partial charge in [-0.25, -0.2) is 4.98 Å². The number of nitrogens with zero attached hydrogens (tertiary/aromatic N) is 2. The molecule has 1 fully saturated rings. The van der Waals surface area contributed by atoms with Crippen LogP contribution in [0.4, 0.5) is 5.69 Å². The summed E-state index contributed by atoms with van der Waals surface area (Å²) in [5, 5.41) is 3.02. The molecule has 2 amide bonds. The maximum atomic E-state index is 12.7. The molecule has 0 aliphatic carbocycles. The molecule has 2 N–H and O–H groups in total. The molecule has 7 heteroatoms. The Bertz CT molecular complexity index is 985. The molecule has 0 radical (unpaired) electrons. The minimum atomic E-state index is -0.113. The Morgan fingerprint density at radius 3 is 2.83 bits per heavy atom. The zero-order valence-corrected chi connectivity index (χ0v) is 16.6. The Labute approximate surface area is 169 Å². The van der Waals surface area contributed by atoms with Crippen molar-refractivity contribution in [2.75, 3.05) is 18.4 Å². The van der Waals surface area contributed by atoms with Crippen LogP contribution in [-0.2, 0) is 11.2 Å². The summed E-state index contributed by atoms with van der Waals surface area (Å²) in [5.74, 6) is 1.11. The first-order valence-corrected chi connectivity index (χ1v) is 10.3. The maximum absolute atomic E-state index is 12.7. The molecule has 1 aliphatic rings. The fraction of sp³-hybridized carbons (Fsp3) is 0.409. The molecule has 0 unspecified atom stereocenters. The van der Waals surface area contributed by atoms with Crippen LogP contribution in [0, 0.1) is 5.92 Å². The molecule has 7 nitrogen and oxygen atoms in total. The first kappa shape index (κ1) is 19.2. The Morgan fingerprint density at radius 1 is 1.28 bits per heavy atom. The lowest BCUT2D eigenvalue weighted by Gasteiger charge is -2.30. The van der Waals surface area contributed by atoms with Crippen LogP contribution in [0.15, 0.2) is 41.0 Å². The number of aromatic nitrogens is 2. The molecule has 3 heterocycles. The fourth-order valence-corrected chi connectivity index (χ4v) is 3.75. The number of piperidine rings is 1. The first-order valence-electron chi connectivity index (χ1n) is 10.3. The second-order valence-electron chi connectivity index (χ2n) is 7.55. The largest absolute Gasteiger partial charge is 0.459 e. The highest BCUT2D eigenvalue weighted by Crippen LogP contribution is 2.23. The molecule has 0 bridgehead atoms. The summed E-state index contributed by atoms with van der Waals surface area (Å²) in [7, 11) is 0. The predicted octanol–water partition coefficient (Wildman–Crippen LogP) is 3.99. The number of aryl methyl sites for hydroxylation is 1. The van der Waals surface area contributed by atoms with Gasteiger partial charge in [0.05, 0.1) is 17.3 Å². The van der Waals surface area contributed by atoms with E-state index in [0.717, 1.165) is 41.8 Å². The van der Waals surface area contributed by atoms with Crippen LogP contribution in [0.1, 0.15) is 49.0 Å². The van der Waals surface area contributed by atoms with Gasteiger partial charge in [0.15, 0.2) is 5.76 Å². The fourth-order valence-electron chi connectivity index (χ4n) is 3.75. The highest BCUT2D eigenvalue weighted by atomic mass is 16.3. The van der Waals surface area contributed by atoms with E-state index < -0.39 is 0 Å². The van der Waals surface area contributed by atoms with Gasteiger partial charge in [-0.15, -0.1) is 0 Å². The van der Waals surface area contributed by atoms with Crippen LogP contribution in [-0.4, -0.2) is 39.8 Å². The smallest absolute Gasteiger partial charge is 0.289 e. The second kappa shape index (κ2) is 8.51. The van der Waals surface area contributed by atoms with E-state index in [-0.39, 0.29) is 17.7 Å². The van der Waals surface area contributed by atoms with Crippen molar-refractivity contribution in [3.63, 3.8) is 0 Å². The molecular formula is C22H26N4O3. The summed E-state index contributed by atoms with van der Waals surface area (Å²) in [6, 6.07) is 9.13. The summed E-state index contributed by atoms with van der Waals surface area (Å²) in [6.45, 7) is 3.27. The van der Waals surface area contributed by atoms with Crippen LogP contribution in [0.5, 0.6) is 0 Å².